The molecule has 1 aromatic carbocycles. The summed E-state index contributed by atoms with van der Waals surface area (Å²) in [6.07, 6.45) is 0.225. The van der Waals surface area contributed by atoms with Crippen LogP contribution in [0.5, 0.6) is 0 Å². The highest BCUT2D eigenvalue weighted by molar-refractivity contribution is 6.35. The monoisotopic (exact) mass is 302 g/mol. The number of rotatable bonds is 2. The number of carbonyl (C=O) groups is 2. The lowest BCUT2D eigenvalue weighted by Gasteiger charge is -2.32. The number of halogens is 2. The summed E-state index contributed by atoms with van der Waals surface area (Å²) < 4.78 is 0. The Balaban J connectivity index is 2.46. The zero-order chi connectivity index (χ0) is 14.2. The Labute approximate surface area is 119 Å². The first-order valence-electron chi connectivity index (χ1n) is 5.64. The van der Waals surface area contributed by atoms with Gasteiger partial charge in [0, 0.05) is 34.6 Å². The fourth-order valence-electron chi connectivity index (χ4n) is 2.20. The zero-order valence-corrected chi connectivity index (χ0v) is 11.5. The minimum atomic E-state index is -0.989. The van der Waals surface area contributed by atoms with Crippen molar-refractivity contribution in [2.45, 2.75) is 25.4 Å². The Morgan fingerprint density at radius 3 is 2.68 bits per heavy atom. The van der Waals surface area contributed by atoms with Crippen molar-refractivity contribution in [2.75, 3.05) is 5.32 Å². The van der Waals surface area contributed by atoms with Gasteiger partial charge in [-0.3, -0.25) is 4.79 Å². The molecular weight excluding hydrogens is 291 g/mol. The van der Waals surface area contributed by atoms with E-state index < -0.39 is 18.1 Å². The van der Waals surface area contributed by atoms with Crippen molar-refractivity contribution in [1.29, 1.82) is 0 Å². The first-order chi connectivity index (χ1) is 8.88. The Hall–Kier alpha value is -1.46. The normalized spacial score (nSPS) is 21.2. The number of carboxylic acid groups (broad SMARTS) is 1. The molecule has 0 saturated carbocycles. The second-order valence-corrected chi connectivity index (χ2v) is 5.22. The largest absolute Gasteiger partial charge is 0.480 e. The topological polar surface area (TPSA) is 78.4 Å². The van der Waals surface area contributed by atoms with E-state index in [-0.39, 0.29) is 12.3 Å². The highest BCUT2D eigenvalue weighted by Gasteiger charge is 2.32. The molecule has 0 aromatic heterocycles. The van der Waals surface area contributed by atoms with Crippen LogP contribution in [0.1, 0.15) is 24.9 Å². The molecule has 2 atom stereocenters. The van der Waals surface area contributed by atoms with Gasteiger partial charge in [-0.15, -0.1) is 0 Å². The fourth-order valence-corrected chi connectivity index (χ4v) is 2.82. The van der Waals surface area contributed by atoms with Gasteiger partial charge in [0.25, 0.3) is 0 Å². The summed E-state index contributed by atoms with van der Waals surface area (Å²) in [6.45, 7) is 1.38. The molecule has 102 valence electrons. The van der Waals surface area contributed by atoms with Crippen LogP contribution >= 0.6 is 23.2 Å². The predicted octanol–water partition coefficient (Wildman–Crippen LogP) is 2.44. The second-order valence-electron chi connectivity index (χ2n) is 4.37. The van der Waals surface area contributed by atoms with E-state index in [1.165, 1.54) is 6.92 Å². The summed E-state index contributed by atoms with van der Waals surface area (Å²) in [5.41, 5.74) is 1.20. The smallest absolute Gasteiger partial charge is 0.326 e. The van der Waals surface area contributed by atoms with E-state index in [2.05, 4.69) is 10.6 Å². The SMILES string of the molecule is CC(=O)N[C@@H]1C[C@@H](C(=O)O)Nc2cc(Cl)cc(Cl)c21. The summed E-state index contributed by atoms with van der Waals surface area (Å²) in [4.78, 5) is 22.4. The molecule has 7 heteroatoms. The third-order valence-electron chi connectivity index (χ3n) is 2.92. The highest BCUT2D eigenvalue weighted by atomic mass is 35.5. The molecule has 0 spiro atoms. The Morgan fingerprint density at radius 1 is 1.42 bits per heavy atom. The number of carboxylic acids is 1. The van der Waals surface area contributed by atoms with Gasteiger partial charge in [-0.25, -0.2) is 4.79 Å². The predicted molar refractivity (Wildman–Crippen MR) is 72.7 cm³/mol. The molecule has 1 aromatic rings. The minimum Gasteiger partial charge on any atom is -0.480 e. The fraction of sp³-hybridized carbons (Fsp3) is 0.333. The number of nitrogens with one attached hydrogen (secondary N) is 2. The van der Waals surface area contributed by atoms with Gasteiger partial charge in [0.15, 0.2) is 0 Å². The lowest BCUT2D eigenvalue weighted by molar-refractivity contribution is -0.138. The summed E-state index contributed by atoms with van der Waals surface area (Å²) in [5, 5.41) is 15.5. The average Bonchev–Trinajstić information content (AvgIpc) is 2.26. The van der Waals surface area contributed by atoms with Crippen LogP contribution in [0.4, 0.5) is 5.69 Å². The molecule has 0 unspecified atom stereocenters. The molecule has 1 aliphatic rings. The lowest BCUT2D eigenvalue weighted by Crippen LogP contribution is -2.40. The molecule has 0 radical (unpaired) electrons. The molecule has 0 saturated heterocycles. The average molecular weight is 303 g/mol. The van der Waals surface area contributed by atoms with Crippen molar-refractivity contribution in [2.24, 2.45) is 0 Å². The van der Waals surface area contributed by atoms with Gasteiger partial charge in [0.05, 0.1) is 6.04 Å². The number of benzene rings is 1. The number of amides is 1. The van der Waals surface area contributed by atoms with Crippen molar-refractivity contribution >= 4 is 40.8 Å². The molecule has 19 heavy (non-hydrogen) atoms. The molecule has 1 heterocycles. The van der Waals surface area contributed by atoms with Crippen molar-refractivity contribution in [3.63, 3.8) is 0 Å². The molecule has 3 N–H and O–H groups in total. The van der Waals surface area contributed by atoms with E-state index in [1.54, 1.807) is 12.1 Å². The molecule has 0 bridgehead atoms. The van der Waals surface area contributed by atoms with Crippen molar-refractivity contribution in [3.8, 4) is 0 Å². The summed E-state index contributed by atoms with van der Waals surface area (Å²) in [6, 6.07) is 1.94. The number of carbonyl (C=O) groups excluding carboxylic acids is 1. The zero-order valence-electron chi connectivity index (χ0n) is 10.0. The standard InChI is InChI=1S/C12H12Cl2N2O3/c1-5(17)15-9-4-10(12(18)19)16-8-3-6(13)2-7(14)11(8)9/h2-3,9-10,16H,4H2,1H3,(H,15,17)(H,18,19)/t9-,10+/m1/s1. The van der Waals surface area contributed by atoms with Crippen LogP contribution in [0, 0.1) is 0 Å². The molecule has 1 aliphatic heterocycles. The van der Waals surface area contributed by atoms with Crippen molar-refractivity contribution in [3.05, 3.63) is 27.7 Å². The molecule has 1 amide bonds. The van der Waals surface area contributed by atoms with Gasteiger partial charge in [-0.05, 0) is 12.1 Å². The molecular formula is C12H12Cl2N2O3. The Morgan fingerprint density at radius 2 is 2.11 bits per heavy atom. The van der Waals surface area contributed by atoms with Gasteiger partial charge in [0.1, 0.15) is 6.04 Å². The third-order valence-corrected chi connectivity index (χ3v) is 3.45. The molecule has 0 aliphatic carbocycles. The number of anilines is 1. The van der Waals surface area contributed by atoms with Crippen LogP contribution in [0.2, 0.25) is 10.0 Å². The van der Waals surface area contributed by atoms with Crippen LogP contribution in [0.3, 0.4) is 0 Å². The first-order valence-corrected chi connectivity index (χ1v) is 6.39. The van der Waals surface area contributed by atoms with Gasteiger partial charge in [-0.1, -0.05) is 23.2 Å². The number of aliphatic carboxylic acids is 1. The van der Waals surface area contributed by atoms with E-state index in [0.29, 0.717) is 21.3 Å². The van der Waals surface area contributed by atoms with Gasteiger partial charge >= 0.3 is 5.97 Å². The number of hydrogen-bond donors (Lipinski definition) is 3. The quantitative estimate of drug-likeness (QED) is 0.784. The van der Waals surface area contributed by atoms with E-state index in [1.807, 2.05) is 0 Å². The van der Waals surface area contributed by atoms with Crippen LogP contribution in [0.15, 0.2) is 12.1 Å². The molecule has 0 fully saturated rings. The first kappa shape index (κ1) is 14.0. The van der Waals surface area contributed by atoms with Crippen LogP contribution in [-0.4, -0.2) is 23.0 Å². The lowest BCUT2D eigenvalue weighted by atomic mass is 9.92. The van der Waals surface area contributed by atoms with Crippen molar-refractivity contribution < 1.29 is 14.7 Å². The maximum atomic E-state index is 11.2. The molecule has 5 nitrogen and oxygen atoms in total. The van der Waals surface area contributed by atoms with Gasteiger partial charge < -0.3 is 15.7 Å². The maximum Gasteiger partial charge on any atom is 0.326 e. The third kappa shape index (κ3) is 2.93. The Bertz CT molecular complexity index is 548. The van der Waals surface area contributed by atoms with Crippen LogP contribution in [-0.2, 0) is 9.59 Å². The summed E-state index contributed by atoms with van der Waals surface area (Å²) in [7, 11) is 0. The van der Waals surface area contributed by atoms with Gasteiger partial charge in [-0.2, -0.15) is 0 Å². The minimum absolute atomic E-state index is 0.225. The van der Waals surface area contributed by atoms with Crippen LogP contribution in [0.25, 0.3) is 0 Å². The van der Waals surface area contributed by atoms with Gasteiger partial charge in [0.2, 0.25) is 5.91 Å². The van der Waals surface area contributed by atoms with E-state index in [9.17, 15) is 9.59 Å². The second kappa shape index (κ2) is 5.27. The van der Waals surface area contributed by atoms with E-state index in [4.69, 9.17) is 28.3 Å². The number of fused-ring (bicyclic) bond motifs is 1. The summed E-state index contributed by atoms with van der Waals surface area (Å²) >= 11 is 12.0. The van der Waals surface area contributed by atoms with Crippen LogP contribution < -0.4 is 10.6 Å². The van der Waals surface area contributed by atoms with E-state index in [0.717, 1.165) is 0 Å². The highest BCUT2D eigenvalue weighted by Crippen LogP contribution is 2.39. The van der Waals surface area contributed by atoms with Crippen molar-refractivity contribution in [1.82, 2.24) is 5.32 Å². The Kier molecular flexibility index (Phi) is 3.87. The maximum absolute atomic E-state index is 11.2. The number of hydrogen-bond acceptors (Lipinski definition) is 3. The summed E-state index contributed by atoms with van der Waals surface area (Å²) in [5.74, 6) is -1.23. The van der Waals surface area contributed by atoms with E-state index >= 15 is 0 Å². The molecule has 2 rings (SSSR count).